The Balaban J connectivity index is 1.53. The number of rotatable bonds is 5. The summed E-state index contributed by atoms with van der Waals surface area (Å²) in [5, 5.41) is 8.14. The number of hydrogen-bond donors (Lipinski definition) is 0. The van der Waals surface area contributed by atoms with Crippen molar-refractivity contribution < 1.29 is 22.0 Å². The quantitative estimate of drug-likeness (QED) is 0.632. The summed E-state index contributed by atoms with van der Waals surface area (Å²) in [6, 6.07) is 12.1. The number of piperidine rings is 1. The average Bonchev–Trinajstić information content (AvgIpc) is 3.25. The lowest BCUT2D eigenvalue weighted by molar-refractivity contribution is 0.286. The van der Waals surface area contributed by atoms with Gasteiger partial charge in [0.1, 0.15) is 11.6 Å². The standard InChI is InChI=1S/C20H20FN3O4S/c1-27-17-8-10-18(11-9-17)29(25,26)24-12-2-3-15(13-24)20-23-22-19(28-20)14-4-6-16(21)7-5-14/h4-11,15H,2-3,12-13H2,1H3. The molecule has 1 aromatic heterocycles. The van der Waals surface area contributed by atoms with Gasteiger partial charge in [0.2, 0.25) is 21.8 Å². The lowest BCUT2D eigenvalue weighted by Gasteiger charge is -2.30. The van der Waals surface area contributed by atoms with Crippen molar-refractivity contribution >= 4 is 10.0 Å². The molecule has 0 spiro atoms. The SMILES string of the molecule is COc1ccc(S(=O)(=O)N2CCCC(c3nnc(-c4ccc(F)cc4)o3)C2)cc1. The van der Waals surface area contributed by atoms with Crippen molar-refractivity contribution in [3.05, 3.63) is 60.2 Å². The van der Waals surface area contributed by atoms with E-state index in [1.54, 1.807) is 24.3 Å². The molecule has 3 aromatic rings. The molecule has 0 N–H and O–H groups in total. The Morgan fingerprint density at radius 3 is 2.52 bits per heavy atom. The van der Waals surface area contributed by atoms with Crippen LogP contribution in [0.2, 0.25) is 0 Å². The molecule has 1 saturated heterocycles. The molecule has 2 heterocycles. The van der Waals surface area contributed by atoms with Gasteiger partial charge in [-0.3, -0.25) is 0 Å². The number of halogens is 1. The van der Waals surface area contributed by atoms with Crippen molar-refractivity contribution in [3.63, 3.8) is 0 Å². The molecule has 1 atom stereocenters. The van der Waals surface area contributed by atoms with Crippen LogP contribution in [0, 0.1) is 5.82 Å². The van der Waals surface area contributed by atoms with Crippen LogP contribution in [-0.4, -0.2) is 43.1 Å². The van der Waals surface area contributed by atoms with Gasteiger partial charge < -0.3 is 9.15 Å². The third-order valence-electron chi connectivity index (χ3n) is 4.96. The number of aromatic nitrogens is 2. The van der Waals surface area contributed by atoms with Gasteiger partial charge >= 0.3 is 0 Å². The Morgan fingerprint density at radius 2 is 1.83 bits per heavy atom. The summed E-state index contributed by atoms with van der Waals surface area (Å²) in [6.07, 6.45) is 1.44. The zero-order chi connectivity index (χ0) is 20.4. The van der Waals surface area contributed by atoms with Crippen LogP contribution < -0.4 is 4.74 Å². The van der Waals surface area contributed by atoms with Crippen molar-refractivity contribution in [3.8, 4) is 17.2 Å². The number of nitrogens with zero attached hydrogens (tertiary/aromatic N) is 3. The molecule has 1 unspecified atom stereocenters. The molecular weight excluding hydrogens is 397 g/mol. The first-order valence-corrected chi connectivity index (χ1v) is 10.6. The van der Waals surface area contributed by atoms with Gasteiger partial charge in [0, 0.05) is 18.7 Å². The van der Waals surface area contributed by atoms with Gasteiger partial charge in [-0.05, 0) is 61.4 Å². The number of sulfonamides is 1. The van der Waals surface area contributed by atoms with Gasteiger partial charge in [-0.15, -0.1) is 10.2 Å². The molecular formula is C20H20FN3O4S. The number of methoxy groups -OCH3 is 1. The van der Waals surface area contributed by atoms with E-state index in [2.05, 4.69) is 10.2 Å². The zero-order valence-electron chi connectivity index (χ0n) is 15.8. The van der Waals surface area contributed by atoms with Crippen LogP contribution in [0.5, 0.6) is 5.75 Å². The van der Waals surface area contributed by atoms with Crippen LogP contribution in [0.15, 0.2) is 57.8 Å². The van der Waals surface area contributed by atoms with E-state index in [1.165, 1.54) is 35.7 Å². The fourth-order valence-corrected chi connectivity index (χ4v) is 4.89. The van der Waals surface area contributed by atoms with Crippen molar-refractivity contribution in [2.24, 2.45) is 0 Å². The Kier molecular flexibility index (Phi) is 5.33. The third kappa shape index (κ3) is 4.01. The predicted octanol–water partition coefficient (Wildman–Crippen LogP) is 3.45. The fourth-order valence-electron chi connectivity index (χ4n) is 3.37. The normalized spacial score (nSPS) is 17.9. The number of benzene rings is 2. The van der Waals surface area contributed by atoms with Crippen LogP contribution in [0.25, 0.3) is 11.5 Å². The molecule has 0 amide bonds. The zero-order valence-corrected chi connectivity index (χ0v) is 16.6. The van der Waals surface area contributed by atoms with Crippen molar-refractivity contribution in [1.29, 1.82) is 0 Å². The molecule has 152 valence electrons. The second kappa shape index (κ2) is 7.92. The Morgan fingerprint density at radius 1 is 1.10 bits per heavy atom. The molecule has 7 nitrogen and oxygen atoms in total. The predicted molar refractivity (Wildman–Crippen MR) is 103 cm³/mol. The van der Waals surface area contributed by atoms with E-state index in [4.69, 9.17) is 9.15 Å². The largest absolute Gasteiger partial charge is 0.497 e. The van der Waals surface area contributed by atoms with Gasteiger partial charge in [0.05, 0.1) is 17.9 Å². The van der Waals surface area contributed by atoms with Crippen LogP contribution in [-0.2, 0) is 10.0 Å². The Labute approximate surface area is 168 Å². The minimum Gasteiger partial charge on any atom is -0.497 e. The van der Waals surface area contributed by atoms with Crippen molar-refractivity contribution in [1.82, 2.24) is 14.5 Å². The molecule has 1 aliphatic heterocycles. The third-order valence-corrected chi connectivity index (χ3v) is 6.84. The van der Waals surface area contributed by atoms with Gasteiger partial charge in [0.15, 0.2) is 0 Å². The van der Waals surface area contributed by atoms with Crippen molar-refractivity contribution in [2.75, 3.05) is 20.2 Å². The molecule has 9 heteroatoms. The number of ether oxygens (including phenoxy) is 1. The molecule has 29 heavy (non-hydrogen) atoms. The van der Waals surface area contributed by atoms with E-state index in [9.17, 15) is 12.8 Å². The monoisotopic (exact) mass is 417 g/mol. The smallest absolute Gasteiger partial charge is 0.247 e. The summed E-state index contributed by atoms with van der Waals surface area (Å²) < 4.78 is 51.4. The molecule has 0 saturated carbocycles. The highest BCUT2D eigenvalue weighted by atomic mass is 32.2. The molecule has 1 aliphatic rings. The maximum Gasteiger partial charge on any atom is 0.247 e. The highest BCUT2D eigenvalue weighted by Gasteiger charge is 2.33. The fraction of sp³-hybridized carbons (Fsp3) is 0.300. The van der Waals surface area contributed by atoms with E-state index in [1.807, 2.05) is 0 Å². The minimum absolute atomic E-state index is 0.196. The first-order chi connectivity index (χ1) is 14.0. The topological polar surface area (TPSA) is 85.5 Å². The summed E-state index contributed by atoms with van der Waals surface area (Å²) in [5.41, 5.74) is 0.615. The maximum atomic E-state index is 13.1. The summed E-state index contributed by atoms with van der Waals surface area (Å²) in [4.78, 5) is 0.219. The van der Waals surface area contributed by atoms with E-state index in [-0.39, 0.29) is 29.1 Å². The second-order valence-corrected chi connectivity index (χ2v) is 8.77. The van der Waals surface area contributed by atoms with Crippen LogP contribution in [0.4, 0.5) is 4.39 Å². The van der Waals surface area contributed by atoms with Gasteiger partial charge in [-0.25, -0.2) is 12.8 Å². The van der Waals surface area contributed by atoms with Crippen molar-refractivity contribution in [2.45, 2.75) is 23.7 Å². The summed E-state index contributed by atoms with van der Waals surface area (Å²) in [7, 11) is -2.10. The Bertz CT molecular complexity index is 1080. The molecule has 2 aromatic carbocycles. The van der Waals surface area contributed by atoms with E-state index in [0.29, 0.717) is 30.2 Å². The first kappa shape index (κ1) is 19.5. The van der Waals surface area contributed by atoms with Crippen LogP contribution in [0.1, 0.15) is 24.7 Å². The molecule has 4 rings (SSSR count). The van der Waals surface area contributed by atoms with Gasteiger partial charge in [-0.1, -0.05) is 0 Å². The Hall–Kier alpha value is -2.78. The maximum absolute atomic E-state index is 13.1. The van der Waals surface area contributed by atoms with Crippen LogP contribution >= 0.6 is 0 Å². The van der Waals surface area contributed by atoms with E-state index >= 15 is 0 Å². The minimum atomic E-state index is -3.63. The van der Waals surface area contributed by atoms with Gasteiger partial charge in [0.25, 0.3) is 0 Å². The highest BCUT2D eigenvalue weighted by Crippen LogP contribution is 2.31. The lowest BCUT2D eigenvalue weighted by atomic mass is 10.00. The molecule has 0 radical (unpaired) electrons. The summed E-state index contributed by atoms with van der Waals surface area (Å²) in [6.45, 7) is 0.698. The van der Waals surface area contributed by atoms with Crippen LogP contribution in [0.3, 0.4) is 0 Å². The highest BCUT2D eigenvalue weighted by molar-refractivity contribution is 7.89. The first-order valence-electron chi connectivity index (χ1n) is 9.21. The molecule has 0 bridgehead atoms. The second-order valence-electron chi connectivity index (χ2n) is 6.83. The summed E-state index contributed by atoms with van der Waals surface area (Å²) >= 11 is 0. The van der Waals surface area contributed by atoms with E-state index in [0.717, 1.165) is 6.42 Å². The average molecular weight is 417 g/mol. The molecule has 0 aliphatic carbocycles. The molecule has 1 fully saturated rings. The lowest BCUT2D eigenvalue weighted by Crippen LogP contribution is -2.39. The summed E-state index contributed by atoms with van der Waals surface area (Å²) in [5.74, 6) is 0.729. The van der Waals surface area contributed by atoms with Gasteiger partial charge in [-0.2, -0.15) is 4.31 Å². The van der Waals surface area contributed by atoms with E-state index < -0.39 is 10.0 Å². The number of hydrogen-bond acceptors (Lipinski definition) is 6.